The van der Waals surface area contributed by atoms with E-state index in [1.54, 1.807) is 0 Å². The molecule has 2 heterocycles. The average Bonchev–Trinajstić information content (AvgIpc) is 3.31. The lowest BCUT2D eigenvalue weighted by Crippen LogP contribution is -2.07. The van der Waals surface area contributed by atoms with Crippen molar-refractivity contribution in [3.05, 3.63) is 64.6 Å². The standard InChI is InChI=1S/C20H20N2O2/c1-12-7-13(8-15-5-6-22(2)19(12)15)9-18-17(20(23)24)10-16(11-21-18)14-3-4-14/h5-8,10-11,14H,3-4,9H2,1-2H3,(H,23,24). The fraction of sp³-hybridized carbons (Fsp3) is 0.300. The van der Waals surface area contributed by atoms with Gasteiger partial charge in [0.2, 0.25) is 0 Å². The van der Waals surface area contributed by atoms with E-state index in [2.05, 4.69) is 34.7 Å². The van der Waals surface area contributed by atoms with Crippen LogP contribution in [0.25, 0.3) is 10.9 Å². The molecule has 24 heavy (non-hydrogen) atoms. The molecular weight excluding hydrogens is 300 g/mol. The van der Waals surface area contributed by atoms with Crippen molar-refractivity contribution in [1.29, 1.82) is 0 Å². The molecule has 1 fully saturated rings. The largest absolute Gasteiger partial charge is 0.478 e. The molecule has 0 amide bonds. The number of carbonyl (C=O) groups is 1. The second-order valence-corrected chi connectivity index (χ2v) is 6.80. The zero-order chi connectivity index (χ0) is 16.8. The number of hydrogen-bond acceptors (Lipinski definition) is 2. The number of pyridine rings is 1. The van der Waals surface area contributed by atoms with Gasteiger partial charge in [-0.1, -0.05) is 6.07 Å². The molecule has 1 saturated carbocycles. The number of aromatic nitrogens is 2. The smallest absolute Gasteiger partial charge is 0.337 e. The quantitative estimate of drug-likeness (QED) is 0.789. The van der Waals surface area contributed by atoms with Crippen LogP contribution in [0.1, 0.15) is 51.5 Å². The van der Waals surface area contributed by atoms with E-state index in [-0.39, 0.29) is 0 Å². The third-order valence-electron chi connectivity index (χ3n) is 4.86. The van der Waals surface area contributed by atoms with Gasteiger partial charge in [0.15, 0.2) is 0 Å². The number of rotatable bonds is 4. The van der Waals surface area contributed by atoms with Gasteiger partial charge in [-0.3, -0.25) is 4.98 Å². The molecule has 2 aromatic heterocycles. The summed E-state index contributed by atoms with van der Waals surface area (Å²) >= 11 is 0. The number of fused-ring (bicyclic) bond motifs is 1. The van der Waals surface area contributed by atoms with Gasteiger partial charge in [-0.25, -0.2) is 4.79 Å². The molecule has 1 aromatic carbocycles. The van der Waals surface area contributed by atoms with E-state index in [1.165, 1.54) is 16.5 Å². The van der Waals surface area contributed by atoms with Crippen molar-refractivity contribution in [1.82, 2.24) is 9.55 Å². The topological polar surface area (TPSA) is 55.1 Å². The highest BCUT2D eigenvalue weighted by molar-refractivity contribution is 5.89. The normalized spacial score (nSPS) is 14.2. The molecule has 1 aliphatic carbocycles. The van der Waals surface area contributed by atoms with Crippen molar-refractivity contribution in [3.63, 3.8) is 0 Å². The van der Waals surface area contributed by atoms with Crippen molar-refractivity contribution in [2.75, 3.05) is 0 Å². The van der Waals surface area contributed by atoms with E-state index in [4.69, 9.17) is 0 Å². The summed E-state index contributed by atoms with van der Waals surface area (Å²) in [5.41, 5.74) is 5.55. The van der Waals surface area contributed by atoms with E-state index in [0.29, 0.717) is 23.6 Å². The van der Waals surface area contributed by atoms with Crippen molar-refractivity contribution in [2.24, 2.45) is 7.05 Å². The molecule has 4 rings (SSSR count). The molecule has 4 heteroatoms. The molecule has 0 aliphatic heterocycles. The van der Waals surface area contributed by atoms with Gasteiger partial charge in [0, 0.05) is 31.2 Å². The second kappa shape index (κ2) is 5.48. The van der Waals surface area contributed by atoms with E-state index >= 15 is 0 Å². The monoisotopic (exact) mass is 320 g/mol. The lowest BCUT2D eigenvalue weighted by atomic mass is 9.99. The fourth-order valence-electron chi connectivity index (χ4n) is 3.53. The van der Waals surface area contributed by atoms with E-state index in [1.807, 2.05) is 25.5 Å². The van der Waals surface area contributed by atoms with Crippen molar-refractivity contribution >= 4 is 16.9 Å². The van der Waals surface area contributed by atoms with E-state index in [9.17, 15) is 9.90 Å². The van der Waals surface area contributed by atoms with Crippen molar-refractivity contribution < 1.29 is 9.90 Å². The number of carboxylic acids is 1. The van der Waals surface area contributed by atoms with Gasteiger partial charge >= 0.3 is 5.97 Å². The number of aromatic carboxylic acids is 1. The Morgan fingerprint density at radius 3 is 2.83 bits per heavy atom. The van der Waals surface area contributed by atoms with Crippen LogP contribution in [0.4, 0.5) is 0 Å². The van der Waals surface area contributed by atoms with Crippen LogP contribution in [0.3, 0.4) is 0 Å². The second-order valence-electron chi connectivity index (χ2n) is 6.80. The molecule has 0 unspecified atom stereocenters. The summed E-state index contributed by atoms with van der Waals surface area (Å²) < 4.78 is 2.11. The van der Waals surface area contributed by atoms with Crippen molar-refractivity contribution in [3.8, 4) is 0 Å². The predicted octanol–water partition coefficient (Wildman–Crippen LogP) is 4.05. The molecule has 0 spiro atoms. The average molecular weight is 320 g/mol. The van der Waals surface area contributed by atoms with Gasteiger partial charge in [0.25, 0.3) is 0 Å². The summed E-state index contributed by atoms with van der Waals surface area (Å²) in [5, 5.41) is 10.7. The maximum Gasteiger partial charge on any atom is 0.337 e. The summed E-state index contributed by atoms with van der Waals surface area (Å²) in [5.74, 6) is -0.384. The van der Waals surface area contributed by atoms with Gasteiger partial charge in [-0.05, 0) is 60.6 Å². The number of carboxylic acid groups (broad SMARTS) is 1. The Labute approximate surface area is 140 Å². The maximum absolute atomic E-state index is 11.6. The van der Waals surface area contributed by atoms with Crippen LogP contribution in [0, 0.1) is 6.92 Å². The summed E-state index contributed by atoms with van der Waals surface area (Å²) in [6, 6.07) is 8.17. The highest BCUT2D eigenvalue weighted by Gasteiger charge is 2.25. The van der Waals surface area contributed by atoms with Crippen LogP contribution in [0.5, 0.6) is 0 Å². The lowest BCUT2D eigenvalue weighted by molar-refractivity contribution is 0.0695. The number of nitrogens with zero attached hydrogens (tertiary/aromatic N) is 2. The first kappa shape index (κ1) is 14.9. The van der Waals surface area contributed by atoms with Gasteiger partial charge in [0.1, 0.15) is 0 Å². The van der Waals surface area contributed by atoms with Crippen molar-refractivity contribution in [2.45, 2.75) is 32.1 Å². The van der Waals surface area contributed by atoms with Crippen LogP contribution in [-0.2, 0) is 13.5 Å². The first-order valence-corrected chi connectivity index (χ1v) is 8.29. The first-order chi connectivity index (χ1) is 11.5. The zero-order valence-corrected chi connectivity index (χ0v) is 13.9. The third kappa shape index (κ3) is 2.58. The predicted molar refractivity (Wildman–Crippen MR) is 93.6 cm³/mol. The molecule has 1 aliphatic rings. The number of benzene rings is 1. The molecule has 0 radical (unpaired) electrons. The Morgan fingerprint density at radius 2 is 2.12 bits per heavy atom. The van der Waals surface area contributed by atoms with Crippen LogP contribution in [0.15, 0.2) is 36.7 Å². The summed E-state index contributed by atoms with van der Waals surface area (Å²) in [6.45, 7) is 2.09. The number of hydrogen-bond donors (Lipinski definition) is 1. The van der Waals surface area contributed by atoms with Crippen LogP contribution in [0.2, 0.25) is 0 Å². The third-order valence-corrected chi connectivity index (χ3v) is 4.86. The maximum atomic E-state index is 11.6. The molecule has 4 nitrogen and oxygen atoms in total. The minimum Gasteiger partial charge on any atom is -0.478 e. The minimum absolute atomic E-state index is 0.338. The van der Waals surface area contributed by atoms with Gasteiger partial charge in [-0.15, -0.1) is 0 Å². The molecule has 0 bridgehead atoms. The van der Waals surface area contributed by atoms with Gasteiger partial charge < -0.3 is 9.67 Å². The zero-order valence-electron chi connectivity index (χ0n) is 13.9. The van der Waals surface area contributed by atoms with Gasteiger partial charge in [-0.2, -0.15) is 0 Å². The molecule has 0 atom stereocenters. The molecule has 3 aromatic rings. The Morgan fingerprint density at radius 1 is 1.33 bits per heavy atom. The van der Waals surface area contributed by atoms with Crippen LogP contribution in [-0.4, -0.2) is 20.6 Å². The van der Waals surface area contributed by atoms with Crippen LogP contribution < -0.4 is 0 Å². The minimum atomic E-state index is -0.891. The fourth-order valence-corrected chi connectivity index (χ4v) is 3.53. The first-order valence-electron chi connectivity index (χ1n) is 8.29. The van der Waals surface area contributed by atoms with E-state index < -0.39 is 5.97 Å². The molecular formula is C20H20N2O2. The molecule has 122 valence electrons. The van der Waals surface area contributed by atoms with Crippen LogP contribution >= 0.6 is 0 Å². The highest BCUT2D eigenvalue weighted by atomic mass is 16.4. The Kier molecular flexibility index (Phi) is 3.41. The number of aryl methyl sites for hydroxylation is 2. The Bertz CT molecular complexity index is 952. The van der Waals surface area contributed by atoms with E-state index in [0.717, 1.165) is 24.0 Å². The molecule has 0 saturated heterocycles. The van der Waals surface area contributed by atoms with Gasteiger partial charge in [0.05, 0.1) is 16.8 Å². The summed E-state index contributed by atoms with van der Waals surface area (Å²) in [6.07, 6.45) is 6.73. The lowest BCUT2D eigenvalue weighted by Gasteiger charge is -2.10. The highest BCUT2D eigenvalue weighted by Crippen LogP contribution is 2.40. The summed E-state index contributed by atoms with van der Waals surface area (Å²) in [7, 11) is 2.04. The Hall–Kier alpha value is -2.62. The SMILES string of the molecule is Cc1cc(Cc2ncc(C3CC3)cc2C(=O)O)cc2ccn(C)c12. The molecule has 1 N–H and O–H groups in total. The summed E-state index contributed by atoms with van der Waals surface area (Å²) in [4.78, 5) is 16.1. The Balaban J connectivity index is 1.73.